The summed E-state index contributed by atoms with van der Waals surface area (Å²) >= 11 is 5.98. The van der Waals surface area contributed by atoms with Crippen LogP contribution in [-0.4, -0.2) is 25.8 Å². The molecule has 2 heterocycles. The van der Waals surface area contributed by atoms with Crippen molar-refractivity contribution in [2.75, 3.05) is 11.1 Å². The van der Waals surface area contributed by atoms with E-state index in [1.807, 2.05) is 12.1 Å². The van der Waals surface area contributed by atoms with E-state index in [1.165, 1.54) is 6.33 Å². The van der Waals surface area contributed by atoms with Crippen molar-refractivity contribution in [1.82, 2.24) is 19.9 Å². The SMILES string of the molecule is Nc1ccccc1CC(=O)Nc1nc(Cl)c2[nH]cnc2n1. The highest BCUT2D eigenvalue weighted by atomic mass is 35.5. The third kappa shape index (κ3) is 2.77. The number of hydrogen-bond donors (Lipinski definition) is 3. The molecule has 0 saturated carbocycles. The summed E-state index contributed by atoms with van der Waals surface area (Å²) < 4.78 is 0. The van der Waals surface area contributed by atoms with E-state index in [1.54, 1.807) is 12.1 Å². The molecule has 0 atom stereocenters. The van der Waals surface area contributed by atoms with E-state index in [0.717, 1.165) is 5.56 Å². The maximum Gasteiger partial charge on any atom is 0.233 e. The van der Waals surface area contributed by atoms with Crippen LogP contribution < -0.4 is 11.1 Å². The minimum atomic E-state index is -0.279. The lowest BCUT2D eigenvalue weighted by molar-refractivity contribution is -0.115. The van der Waals surface area contributed by atoms with Crippen molar-refractivity contribution in [2.24, 2.45) is 0 Å². The normalized spacial score (nSPS) is 10.7. The van der Waals surface area contributed by atoms with E-state index in [0.29, 0.717) is 16.9 Å². The van der Waals surface area contributed by atoms with Gasteiger partial charge in [-0.15, -0.1) is 0 Å². The van der Waals surface area contributed by atoms with Gasteiger partial charge < -0.3 is 10.7 Å². The van der Waals surface area contributed by atoms with E-state index in [-0.39, 0.29) is 23.4 Å². The quantitative estimate of drug-likeness (QED) is 0.504. The smallest absolute Gasteiger partial charge is 0.233 e. The van der Waals surface area contributed by atoms with Crippen LogP contribution in [0.25, 0.3) is 11.2 Å². The Morgan fingerprint density at radius 2 is 2.14 bits per heavy atom. The molecular weight excluding hydrogens is 292 g/mol. The first-order valence-electron chi connectivity index (χ1n) is 6.13. The molecule has 0 saturated heterocycles. The maximum absolute atomic E-state index is 12.0. The standard InChI is InChI=1S/C13H11ClN6O/c14-11-10-12(17-6-16-10)20-13(19-11)18-9(21)5-7-3-1-2-4-8(7)15/h1-4,6H,5,15H2,(H2,16,17,18,19,20,21). The van der Waals surface area contributed by atoms with Gasteiger partial charge in [0.05, 0.1) is 12.7 Å². The fourth-order valence-corrected chi connectivity index (χ4v) is 2.11. The number of carbonyl (C=O) groups is 1. The Bertz CT molecular complexity index is 815. The van der Waals surface area contributed by atoms with Gasteiger partial charge in [0.2, 0.25) is 11.9 Å². The number of H-pyrrole nitrogens is 1. The summed E-state index contributed by atoms with van der Waals surface area (Å²) in [4.78, 5) is 26.9. The summed E-state index contributed by atoms with van der Waals surface area (Å²) in [5.41, 5.74) is 8.03. The van der Waals surface area contributed by atoms with Crippen LogP contribution in [0.5, 0.6) is 0 Å². The van der Waals surface area contributed by atoms with Crippen LogP contribution in [-0.2, 0) is 11.2 Å². The van der Waals surface area contributed by atoms with E-state index >= 15 is 0 Å². The molecule has 3 rings (SSSR count). The van der Waals surface area contributed by atoms with Gasteiger partial charge in [-0.3, -0.25) is 10.1 Å². The molecular formula is C13H11ClN6O. The fraction of sp³-hybridized carbons (Fsp3) is 0.0769. The monoisotopic (exact) mass is 302 g/mol. The Morgan fingerprint density at radius 1 is 1.33 bits per heavy atom. The minimum absolute atomic E-state index is 0.110. The zero-order valence-corrected chi connectivity index (χ0v) is 11.6. The number of fused-ring (bicyclic) bond motifs is 1. The first-order chi connectivity index (χ1) is 10.1. The number of amides is 1. The number of para-hydroxylation sites is 1. The number of rotatable bonds is 3. The number of benzene rings is 1. The molecule has 4 N–H and O–H groups in total. The Hall–Kier alpha value is -2.67. The number of hydrogen-bond acceptors (Lipinski definition) is 5. The van der Waals surface area contributed by atoms with Gasteiger partial charge in [-0.25, -0.2) is 4.98 Å². The predicted molar refractivity (Wildman–Crippen MR) is 79.9 cm³/mol. The number of anilines is 2. The molecule has 21 heavy (non-hydrogen) atoms. The number of imidazole rings is 1. The zero-order chi connectivity index (χ0) is 14.8. The molecule has 0 bridgehead atoms. The van der Waals surface area contributed by atoms with Crippen LogP contribution in [0.3, 0.4) is 0 Å². The molecule has 0 radical (unpaired) electrons. The van der Waals surface area contributed by atoms with Crippen molar-refractivity contribution in [3.63, 3.8) is 0 Å². The fourth-order valence-electron chi connectivity index (χ4n) is 1.89. The van der Waals surface area contributed by atoms with Gasteiger partial charge in [0, 0.05) is 5.69 Å². The highest BCUT2D eigenvalue weighted by Gasteiger charge is 2.11. The van der Waals surface area contributed by atoms with Crippen molar-refractivity contribution in [2.45, 2.75) is 6.42 Å². The van der Waals surface area contributed by atoms with Gasteiger partial charge in [-0.05, 0) is 11.6 Å². The average Bonchev–Trinajstić information content (AvgIpc) is 2.90. The number of nitrogens with one attached hydrogen (secondary N) is 2. The first-order valence-corrected chi connectivity index (χ1v) is 6.51. The maximum atomic E-state index is 12.0. The molecule has 0 aliphatic carbocycles. The summed E-state index contributed by atoms with van der Waals surface area (Å²) in [6, 6.07) is 7.17. The summed E-state index contributed by atoms with van der Waals surface area (Å²) in [6.07, 6.45) is 1.59. The molecule has 0 aliphatic heterocycles. The first kappa shape index (κ1) is 13.3. The lowest BCUT2D eigenvalue weighted by Gasteiger charge is -2.06. The Kier molecular flexibility index (Phi) is 3.41. The predicted octanol–water partition coefficient (Wildman–Crippen LogP) is 1.77. The molecule has 8 heteroatoms. The second-order valence-corrected chi connectivity index (χ2v) is 4.72. The number of nitrogen functional groups attached to an aromatic ring is 1. The molecule has 0 aliphatic rings. The summed E-state index contributed by atoms with van der Waals surface area (Å²) in [7, 11) is 0. The number of nitrogens with zero attached hydrogens (tertiary/aromatic N) is 3. The minimum Gasteiger partial charge on any atom is -0.398 e. The molecule has 0 fully saturated rings. The van der Waals surface area contributed by atoms with Gasteiger partial charge in [-0.1, -0.05) is 29.8 Å². The Balaban J connectivity index is 1.78. The van der Waals surface area contributed by atoms with Gasteiger partial charge in [0.1, 0.15) is 5.52 Å². The molecule has 0 spiro atoms. The van der Waals surface area contributed by atoms with Gasteiger partial charge in [-0.2, -0.15) is 9.97 Å². The summed E-state index contributed by atoms with van der Waals surface area (Å²) in [6.45, 7) is 0. The van der Waals surface area contributed by atoms with Crippen LogP contribution in [0.15, 0.2) is 30.6 Å². The largest absolute Gasteiger partial charge is 0.398 e. The van der Waals surface area contributed by atoms with Crippen molar-refractivity contribution in [1.29, 1.82) is 0 Å². The van der Waals surface area contributed by atoms with Crippen LogP contribution in [0.4, 0.5) is 11.6 Å². The molecule has 1 amide bonds. The molecule has 3 aromatic rings. The molecule has 106 valence electrons. The van der Waals surface area contributed by atoms with Crippen LogP contribution in [0, 0.1) is 0 Å². The van der Waals surface area contributed by atoms with E-state index in [9.17, 15) is 4.79 Å². The van der Waals surface area contributed by atoms with E-state index in [4.69, 9.17) is 17.3 Å². The average molecular weight is 303 g/mol. The van der Waals surface area contributed by atoms with Gasteiger partial charge >= 0.3 is 0 Å². The topological polar surface area (TPSA) is 110 Å². The van der Waals surface area contributed by atoms with Crippen molar-refractivity contribution in [3.8, 4) is 0 Å². The number of halogens is 1. The highest BCUT2D eigenvalue weighted by molar-refractivity contribution is 6.33. The van der Waals surface area contributed by atoms with E-state index < -0.39 is 0 Å². The second-order valence-electron chi connectivity index (χ2n) is 4.36. The third-order valence-electron chi connectivity index (χ3n) is 2.90. The van der Waals surface area contributed by atoms with Gasteiger partial charge in [0.25, 0.3) is 0 Å². The Labute approximate surface area is 124 Å². The number of aromatic nitrogens is 4. The van der Waals surface area contributed by atoms with Crippen molar-refractivity contribution >= 4 is 40.3 Å². The molecule has 2 aromatic heterocycles. The second kappa shape index (κ2) is 5.37. The summed E-state index contributed by atoms with van der Waals surface area (Å²) in [5, 5.41) is 2.79. The molecule has 1 aromatic carbocycles. The lowest BCUT2D eigenvalue weighted by atomic mass is 10.1. The number of aromatic amines is 1. The molecule has 7 nitrogen and oxygen atoms in total. The third-order valence-corrected chi connectivity index (χ3v) is 3.17. The van der Waals surface area contributed by atoms with Crippen LogP contribution in [0.2, 0.25) is 5.15 Å². The van der Waals surface area contributed by atoms with E-state index in [2.05, 4.69) is 25.3 Å². The number of carbonyl (C=O) groups excluding carboxylic acids is 1. The lowest BCUT2D eigenvalue weighted by Crippen LogP contribution is -2.17. The van der Waals surface area contributed by atoms with Gasteiger partial charge in [0.15, 0.2) is 10.8 Å². The van der Waals surface area contributed by atoms with Crippen LogP contribution in [0.1, 0.15) is 5.56 Å². The Morgan fingerprint density at radius 3 is 2.95 bits per heavy atom. The zero-order valence-electron chi connectivity index (χ0n) is 10.8. The summed E-state index contributed by atoms with van der Waals surface area (Å²) in [5.74, 6) is -0.169. The highest BCUT2D eigenvalue weighted by Crippen LogP contribution is 2.18. The van der Waals surface area contributed by atoms with Crippen molar-refractivity contribution in [3.05, 3.63) is 41.3 Å². The van der Waals surface area contributed by atoms with Crippen LogP contribution >= 0.6 is 11.6 Å². The van der Waals surface area contributed by atoms with Crippen molar-refractivity contribution < 1.29 is 4.79 Å². The molecule has 0 unspecified atom stereocenters. The number of nitrogens with two attached hydrogens (primary N) is 1.